The molecular formula is C10H18N2O2. The molecule has 2 saturated heterocycles. The van der Waals surface area contributed by atoms with Crippen molar-refractivity contribution in [3.63, 3.8) is 0 Å². The topological polar surface area (TPSA) is 41.6 Å². The molecule has 2 fully saturated rings. The number of nitrogens with zero attached hydrogens (tertiary/aromatic N) is 1. The summed E-state index contributed by atoms with van der Waals surface area (Å²) in [5, 5.41) is 3.25. The van der Waals surface area contributed by atoms with Crippen LogP contribution in [0, 0.1) is 0 Å². The van der Waals surface area contributed by atoms with Gasteiger partial charge in [-0.1, -0.05) is 0 Å². The van der Waals surface area contributed by atoms with Gasteiger partial charge in [0.15, 0.2) is 5.60 Å². The number of likely N-dealkylation sites (N-methyl/N-ethyl adjacent to an activating group) is 1. The Morgan fingerprint density at radius 3 is 3.14 bits per heavy atom. The Balaban J connectivity index is 2.12. The van der Waals surface area contributed by atoms with Crippen LogP contribution in [0.3, 0.4) is 0 Å². The zero-order valence-electron chi connectivity index (χ0n) is 8.71. The van der Waals surface area contributed by atoms with Gasteiger partial charge in [-0.3, -0.25) is 4.79 Å². The summed E-state index contributed by atoms with van der Waals surface area (Å²) in [4.78, 5) is 14.0. The predicted octanol–water partition coefficient (Wildman–Crippen LogP) is -0.0127. The Morgan fingerprint density at radius 1 is 1.64 bits per heavy atom. The first-order valence-electron chi connectivity index (χ1n) is 5.42. The number of nitrogens with one attached hydrogen (secondary N) is 1. The number of amides is 1. The summed E-state index contributed by atoms with van der Waals surface area (Å²) in [5.41, 5.74) is -0.535. The molecule has 2 aliphatic rings. The monoisotopic (exact) mass is 198 g/mol. The summed E-state index contributed by atoms with van der Waals surface area (Å²) >= 11 is 0. The van der Waals surface area contributed by atoms with E-state index < -0.39 is 5.60 Å². The molecule has 1 amide bonds. The molecule has 4 nitrogen and oxygen atoms in total. The van der Waals surface area contributed by atoms with Gasteiger partial charge in [-0.05, 0) is 26.3 Å². The second-order valence-corrected chi connectivity index (χ2v) is 4.01. The molecule has 0 aromatic carbocycles. The summed E-state index contributed by atoms with van der Waals surface area (Å²) in [5.74, 6) is 0.179. The largest absolute Gasteiger partial charge is 0.362 e. The van der Waals surface area contributed by atoms with Gasteiger partial charge in [-0.25, -0.2) is 0 Å². The minimum Gasteiger partial charge on any atom is -0.362 e. The Kier molecular flexibility index (Phi) is 2.74. The smallest absolute Gasteiger partial charge is 0.256 e. The third-order valence-electron chi connectivity index (χ3n) is 3.14. The molecule has 0 aromatic heterocycles. The fourth-order valence-electron chi connectivity index (χ4n) is 2.29. The quantitative estimate of drug-likeness (QED) is 0.644. The minimum absolute atomic E-state index is 0.179. The Morgan fingerprint density at radius 2 is 2.50 bits per heavy atom. The SMILES string of the molecule is CCN1CCO[C@@]2(CCCNC2)C1=O. The van der Waals surface area contributed by atoms with Gasteiger partial charge in [0.1, 0.15) is 0 Å². The van der Waals surface area contributed by atoms with Crippen molar-refractivity contribution in [3.8, 4) is 0 Å². The summed E-state index contributed by atoms with van der Waals surface area (Å²) in [7, 11) is 0. The van der Waals surface area contributed by atoms with E-state index in [0.29, 0.717) is 13.2 Å². The molecule has 1 N–H and O–H groups in total. The zero-order valence-corrected chi connectivity index (χ0v) is 8.71. The van der Waals surface area contributed by atoms with E-state index in [2.05, 4.69) is 5.32 Å². The fourth-order valence-corrected chi connectivity index (χ4v) is 2.29. The first-order chi connectivity index (χ1) is 6.78. The highest BCUT2D eigenvalue weighted by Crippen LogP contribution is 2.26. The molecular weight excluding hydrogens is 180 g/mol. The molecule has 0 aromatic rings. The van der Waals surface area contributed by atoms with Crippen molar-refractivity contribution in [1.82, 2.24) is 10.2 Å². The average molecular weight is 198 g/mol. The van der Waals surface area contributed by atoms with Gasteiger partial charge in [0.2, 0.25) is 0 Å². The van der Waals surface area contributed by atoms with E-state index in [1.807, 2.05) is 11.8 Å². The van der Waals surface area contributed by atoms with Crippen LogP contribution in [0.25, 0.3) is 0 Å². The van der Waals surface area contributed by atoms with Crippen LogP contribution in [0.5, 0.6) is 0 Å². The van der Waals surface area contributed by atoms with E-state index in [1.165, 1.54) is 0 Å². The molecule has 0 aliphatic carbocycles. The Bertz CT molecular complexity index is 219. The van der Waals surface area contributed by atoms with E-state index in [-0.39, 0.29) is 5.91 Å². The molecule has 1 spiro atoms. The van der Waals surface area contributed by atoms with Gasteiger partial charge in [0, 0.05) is 19.6 Å². The van der Waals surface area contributed by atoms with Crippen molar-refractivity contribution in [1.29, 1.82) is 0 Å². The normalized spacial score (nSPS) is 33.8. The number of rotatable bonds is 1. The number of carbonyl (C=O) groups is 1. The van der Waals surface area contributed by atoms with Crippen molar-refractivity contribution < 1.29 is 9.53 Å². The van der Waals surface area contributed by atoms with Crippen LogP contribution in [0.1, 0.15) is 19.8 Å². The first kappa shape index (κ1) is 9.93. The van der Waals surface area contributed by atoms with E-state index >= 15 is 0 Å². The molecule has 2 rings (SSSR count). The van der Waals surface area contributed by atoms with Gasteiger partial charge in [0.05, 0.1) is 6.61 Å². The molecule has 0 bridgehead atoms. The maximum Gasteiger partial charge on any atom is 0.256 e. The predicted molar refractivity (Wildman–Crippen MR) is 53.0 cm³/mol. The molecule has 14 heavy (non-hydrogen) atoms. The van der Waals surface area contributed by atoms with E-state index in [4.69, 9.17) is 4.74 Å². The standard InChI is InChI=1S/C10H18N2O2/c1-2-12-6-7-14-10(9(12)13)4-3-5-11-8-10/h11H,2-8H2,1H3/t10-/m1/s1. The maximum absolute atomic E-state index is 12.1. The van der Waals surface area contributed by atoms with Crippen LogP contribution in [-0.4, -0.2) is 49.2 Å². The molecule has 2 aliphatic heterocycles. The lowest BCUT2D eigenvalue weighted by Crippen LogP contribution is -2.62. The third-order valence-corrected chi connectivity index (χ3v) is 3.14. The Labute approximate surface area is 84.6 Å². The molecule has 0 radical (unpaired) electrons. The number of ether oxygens (including phenoxy) is 1. The maximum atomic E-state index is 12.1. The Hall–Kier alpha value is -0.610. The minimum atomic E-state index is -0.535. The lowest BCUT2D eigenvalue weighted by molar-refractivity contribution is -0.174. The van der Waals surface area contributed by atoms with Gasteiger partial charge in [0.25, 0.3) is 5.91 Å². The van der Waals surface area contributed by atoms with Crippen molar-refractivity contribution in [2.75, 3.05) is 32.8 Å². The number of hydrogen-bond acceptors (Lipinski definition) is 3. The lowest BCUT2D eigenvalue weighted by Gasteiger charge is -2.43. The van der Waals surface area contributed by atoms with Crippen LogP contribution in [0.4, 0.5) is 0 Å². The van der Waals surface area contributed by atoms with Gasteiger partial charge < -0.3 is 15.0 Å². The lowest BCUT2D eigenvalue weighted by atomic mass is 9.91. The summed E-state index contributed by atoms with van der Waals surface area (Å²) in [6.45, 7) is 5.93. The van der Waals surface area contributed by atoms with Crippen LogP contribution in [-0.2, 0) is 9.53 Å². The van der Waals surface area contributed by atoms with Gasteiger partial charge >= 0.3 is 0 Å². The van der Waals surface area contributed by atoms with E-state index in [0.717, 1.165) is 32.5 Å². The van der Waals surface area contributed by atoms with Gasteiger partial charge in [-0.2, -0.15) is 0 Å². The molecule has 80 valence electrons. The summed E-state index contributed by atoms with van der Waals surface area (Å²) in [6.07, 6.45) is 1.90. The third kappa shape index (κ3) is 1.53. The average Bonchev–Trinajstić information content (AvgIpc) is 2.24. The summed E-state index contributed by atoms with van der Waals surface area (Å²) < 4.78 is 5.70. The zero-order chi connectivity index (χ0) is 10.0. The second kappa shape index (κ2) is 3.87. The highest BCUT2D eigenvalue weighted by Gasteiger charge is 2.45. The van der Waals surface area contributed by atoms with Crippen LogP contribution < -0.4 is 5.32 Å². The van der Waals surface area contributed by atoms with Gasteiger partial charge in [-0.15, -0.1) is 0 Å². The highest BCUT2D eigenvalue weighted by molar-refractivity contribution is 5.86. The van der Waals surface area contributed by atoms with E-state index in [9.17, 15) is 4.79 Å². The number of hydrogen-bond donors (Lipinski definition) is 1. The van der Waals surface area contributed by atoms with E-state index in [1.54, 1.807) is 0 Å². The molecule has 1 atom stereocenters. The molecule has 4 heteroatoms. The van der Waals surface area contributed by atoms with Crippen LogP contribution in [0.2, 0.25) is 0 Å². The fraction of sp³-hybridized carbons (Fsp3) is 0.900. The first-order valence-corrected chi connectivity index (χ1v) is 5.42. The van der Waals surface area contributed by atoms with Crippen molar-refractivity contribution in [3.05, 3.63) is 0 Å². The van der Waals surface area contributed by atoms with Crippen molar-refractivity contribution in [2.45, 2.75) is 25.4 Å². The summed E-state index contributed by atoms with van der Waals surface area (Å²) in [6, 6.07) is 0. The van der Waals surface area contributed by atoms with Crippen molar-refractivity contribution >= 4 is 5.91 Å². The number of carbonyl (C=O) groups excluding carboxylic acids is 1. The number of piperidine rings is 1. The molecule has 0 unspecified atom stereocenters. The van der Waals surface area contributed by atoms with Crippen molar-refractivity contribution in [2.24, 2.45) is 0 Å². The molecule has 0 saturated carbocycles. The molecule has 2 heterocycles. The van der Waals surface area contributed by atoms with Crippen LogP contribution in [0.15, 0.2) is 0 Å². The second-order valence-electron chi connectivity index (χ2n) is 4.01. The highest BCUT2D eigenvalue weighted by atomic mass is 16.5. The number of morpholine rings is 1. The van der Waals surface area contributed by atoms with Crippen LogP contribution >= 0.6 is 0 Å².